The maximum Gasteiger partial charge on any atom is 0.0697 e. The van der Waals surface area contributed by atoms with E-state index in [0.717, 1.165) is 24.2 Å². The van der Waals surface area contributed by atoms with Crippen molar-refractivity contribution in [2.75, 3.05) is 26.4 Å². The van der Waals surface area contributed by atoms with Crippen molar-refractivity contribution in [1.82, 2.24) is 15.1 Å². The van der Waals surface area contributed by atoms with Gasteiger partial charge in [-0.25, -0.2) is 4.68 Å². The van der Waals surface area contributed by atoms with Crippen molar-refractivity contribution in [2.45, 2.75) is 19.4 Å². The number of benzene rings is 1. The number of ether oxygens (including phenoxy) is 1. The number of hydrogen-bond donors (Lipinski definition) is 2. The molecule has 0 amide bonds. The minimum Gasteiger partial charge on any atom is -0.394 e. The van der Waals surface area contributed by atoms with E-state index in [0.29, 0.717) is 13.2 Å². The maximum absolute atomic E-state index is 8.61. The molecule has 0 bridgehead atoms. The molecule has 5 nitrogen and oxygen atoms in total. The second-order valence-electron chi connectivity index (χ2n) is 4.92. The summed E-state index contributed by atoms with van der Waals surface area (Å²) in [5.74, 6) is 0. The number of nitrogens with zero attached hydrogens (tertiary/aromatic N) is 2. The van der Waals surface area contributed by atoms with Crippen molar-refractivity contribution in [3.8, 4) is 5.69 Å². The summed E-state index contributed by atoms with van der Waals surface area (Å²) in [6.07, 6.45) is 4.87. The number of para-hydroxylation sites is 1. The third-order valence-electron chi connectivity index (χ3n) is 3.27. The number of aliphatic hydroxyl groups excluding tert-OH is 1. The van der Waals surface area contributed by atoms with Gasteiger partial charge in [-0.05, 0) is 32.0 Å². The molecule has 0 radical (unpaired) electrons. The summed E-state index contributed by atoms with van der Waals surface area (Å²) >= 11 is 0. The SMILES string of the molecule is CC(NCCCOCCO)c1cnn(-c2ccccc2)c1. The van der Waals surface area contributed by atoms with Crippen LogP contribution in [0.3, 0.4) is 0 Å². The van der Waals surface area contributed by atoms with Gasteiger partial charge in [0.15, 0.2) is 0 Å². The third-order valence-corrected chi connectivity index (χ3v) is 3.27. The van der Waals surface area contributed by atoms with Crippen molar-refractivity contribution in [1.29, 1.82) is 0 Å². The van der Waals surface area contributed by atoms with Crippen LogP contribution >= 0.6 is 0 Å². The fourth-order valence-corrected chi connectivity index (χ4v) is 2.06. The van der Waals surface area contributed by atoms with Crippen LogP contribution in [0.15, 0.2) is 42.7 Å². The van der Waals surface area contributed by atoms with Crippen molar-refractivity contribution >= 4 is 0 Å². The lowest BCUT2D eigenvalue weighted by molar-refractivity contribution is 0.0904. The Morgan fingerprint density at radius 3 is 2.86 bits per heavy atom. The molecule has 0 saturated heterocycles. The van der Waals surface area contributed by atoms with E-state index in [-0.39, 0.29) is 12.6 Å². The van der Waals surface area contributed by atoms with Crippen molar-refractivity contribution < 1.29 is 9.84 Å². The van der Waals surface area contributed by atoms with Gasteiger partial charge in [0.2, 0.25) is 0 Å². The smallest absolute Gasteiger partial charge is 0.0697 e. The molecule has 0 saturated carbocycles. The van der Waals surface area contributed by atoms with E-state index in [1.807, 2.05) is 41.2 Å². The molecule has 1 atom stereocenters. The third kappa shape index (κ3) is 4.97. The predicted octanol–water partition coefficient (Wildman–Crippen LogP) is 1.92. The fraction of sp³-hybridized carbons (Fsp3) is 0.438. The molecular weight excluding hydrogens is 266 g/mol. The average Bonchev–Trinajstić information content (AvgIpc) is 3.01. The number of aromatic nitrogens is 2. The normalized spacial score (nSPS) is 12.5. The molecule has 2 rings (SSSR count). The van der Waals surface area contributed by atoms with E-state index in [9.17, 15) is 0 Å². The number of rotatable bonds is 9. The Kier molecular flexibility index (Phi) is 6.40. The van der Waals surface area contributed by atoms with Gasteiger partial charge in [-0.2, -0.15) is 5.10 Å². The van der Waals surface area contributed by atoms with Crippen LogP contribution in [0, 0.1) is 0 Å². The molecule has 5 heteroatoms. The van der Waals surface area contributed by atoms with Crippen LogP contribution in [0.5, 0.6) is 0 Å². The molecule has 0 aliphatic carbocycles. The van der Waals surface area contributed by atoms with Gasteiger partial charge in [-0.15, -0.1) is 0 Å². The molecule has 114 valence electrons. The van der Waals surface area contributed by atoms with Gasteiger partial charge < -0.3 is 15.2 Å². The molecule has 0 fully saturated rings. The highest BCUT2D eigenvalue weighted by atomic mass is 16.5. The molecular formula is C16H23N3O2. The highest BCUT2D eigenvalue weighted by Crippen LogP contribution is 2.14. The molecule has 0 aliphatic rings. The zero-order valence-corrected chi connectivity index (χ0v) is 12.4. The average molecular weight is 289 g/mol. The maximum atomic E-state index is 8.61. The van der Waals surface area contributed by atoms with E-state index >= 15 is 0 Å². The molecule has 21 heavy (non-hydrogen) atoms. The van der Waals surface area contributed by atoms with Crippen molar-refractivity contribution in [2.24, 2.45) is 0 Å². The lowest BCUT2D eigenvalue weighted by Gasteiger charge is -2.11. The van der Waals surface area contributed by atoms with Crippen LogP contribution in [0.1, 0.15) is 24.9 Å². The number of aliphatic hydroxyl groups is 1. The van der Waals surface area contributed by atoms with Gasteiger partial charge in [0.1, 0.15) is 0 Å². The molecule has 0 spiro atoms. The standard InChI is InChI=1S/C16H23N3O2/c1-14(17-8-5-10-21-11-9-20)15-12-18-19(13-15)16-6-3-2-4-7-16/h2-4,6-7,12-14,17,20H,5,8-11H2,1H3. The molecule has 0 aliphatic heterocycles. The molecule has 2 N–H and O–H groups in total. The summed E-state index contributed by atoms with van der Waals surface area (Å²) in [6.45, 7) is 4.18. The number of nitrogens with one attached hydrogen (secondary N) is 1. The van der Waals surface area contributed by atoms with Gasteiger partial charge in [0, 0.05) is 24.4 Å². The Hall–Kier alpha value is -1.69. The highest BCUT2D eigenvalue weighted by molar-refractivity contribution is 5.31. The van der Waals surface area contributed by atoms with Crippen LogP contribution in [0.2, 0.25) is 0 Å². The van der Waals surface area contributed by atoms with Crippen LogP contribution in [0.25, 0.3) is 5.69 Å². The molecule has 1 unspecified atom stereocenters. The number of hydrogen-bond acceptors (Lipinski definition) is 4. The predicted molar refractivity (Wildman–Crippen MR) is 82.5 cm³/mol. The lowest BCUT2D eigenvalue weighted by Crippen LogP contribution is -2.20. The first-order valence-electron chi connectivity index (χ1n) is 7.33. The van der Waals surface area contributed by atoms with E-state index in [1.165, 1.54) is 0 Å². The first-order valence-corrected chi connectivity index (χ1v) is 7.33. The van der Waals surface area contributed by atoms with Gasteiger partial charge in [-0.3, -0.25) is 0 Å². The molecule has 1 aromatic carbocycles. The summed E-state index contributed by atoms with van der Waals surface area (Å²) in [4.78, 5) is 0. The van der Waals surface area contributed by atoms with E-state index < -0.39 is 0 Å². The first-order chi connectivity index (χ1) is 10.3. The summed E-state index contributed by atoms with van der Waals surface area (Å²) in [5.41, 5.74) is 2.23. The van der Waals surface area contributed by atoms with Crippen LogP contribution in [-0.4, -0.2) is 41.3 Å². The van der Waals surface area contributed by atoms with Crippen LogP contribution in [0.4, 0.5) is 0 Å². The first kappa shape index (κ1) is 15.7. The minimum atomic E-state index is 0.0858. The lowest BCUT2D eigenvalue weighted by atomic mass is 10.2. The summed E-state index contributed by atoms with van der Waals surface area (Å²) in [7, 11) is 0. The summed E-state index contributed by atoms with van der Waals surface area (Å²) in [5, 5.41) is 16.5. The zero-order valence-electron chi connectivity index (χ0n) is 12.4. The van der Waals surface area contributed by atoms with E-state index in [1.54, 1.807) is 0 Å². The van der Waals surface area contributed by atoms with Crippen molar-refractivity contribution in [3.05, 3.63) is 48.3 Å². The quantitative estimate of drug-likeness (QED) is 0.692. The summed E-state index contributed by atoms with van der Waals surface area (Å²) < 4.78 is 7.11. The highest BCUT2D eigenvalue weighted by Gasteiger charge is 2.07. The Bertz CT molecular complexity index is 513. The van der Waals surface area contributed by atoms with Crippen LogP contribution in [-0.2, 0) is 4.74 Å². The zero-order chi connectivity index (χ0) is 14.9. The Balaban J connectivity index is 1.78. The van der Waals surface area contributed by atoms with Gasteiger partial charge in [0.25, 0.3) is 0 Å². The van der Waals surface area contributed by atoms with E-state index in [2.05, 4.69) is 23.5 Å². The topological polar surface area (TPSA) is 59.3 Å². The Morgan fingerprint density at radius 2 is 2.10 bits per heavy atom. The van der Waals surface area contributed by atoms with Gasteiger partial charge in [-0.1, -0.05) is 18.2 Å². The second-order valence-corrected chi connectivity index (χ2v) is 4.92. The molecule has 1 aromatic heterocycles. The van der Waals surface area contributed by atoms with E-state index in [4.69, 9.17) is 9.84 Å². The van der Waals surface area contributed by atoms with Gasteiger partial charge in [0.05, 0.1) is 25.1 Å². The Labute approximate surface area is 125 Å². The Morgan fingerprint density at radius 1 is 1.29 bits per heavy atom. The second kappa shape index (κ2) is 8.56. The monoisotopic (exact) mass is 289 g/mol. The van der Waals surface area contributed by atoms with Crippen LogP contribution < -0.4 is 5.32 Å². The fourth-order valence-electron chi connectivity index (χ4n) is 2.06. The summed E-state index contributed by atoms with van der Waals surface area (Å²) in [6, 6.07) is 10.3. The molecule has 2 aromatic rings. The van der Waals surface area contributed by atoms with Crippen molar-refractivity contribution in [3.63, 3.8) is 0 Å². The van der Waals surface area contributed by atoms with Gasteiger partial charge >= 0.3 is 0 Å². The minimum absolute atomic E-state index is 0.0858. The molecule has 1 heterocycles. The largest absolute Gasteiger partial charge is 0.394 e.